The van der Waals surface area contributed by atoms with Gasteiger partial charge < -0.3 is 14.0 Å². The van der Waals surface area contributed by atoms with Gasteiger partial charge in [-0.05, 0) is 130 Å². The van der Waals surface area contributed by atoms with E-state index in [1.165, 1.54) is 48.8 Å². The van der Waals surface area contributed by atoms with E-state index in [2.05, 4.69) is 119 Å². The van der Waals surface area contributed by atoms with Gasteiger partial charge in [-0.25, -0.2) is 0 Å². The number of ether oxygens (including phenoxy) is 1. The molecule has 5 rings (SSSR count). The Morgan fingerprint density at radius 3 is 1.98 bits per heavy atom. The van der Waals surface area contributed by atoms with Crippen molar-refractivity contribution in [2.24, 2.45) is 23.2 Å². The molecule has 43 heavy (non-hydrogen) atoms. The summed E-state index contributed by atoms with van der Waals surface area (Å²) in [6.07, 6.45) is 7.72. The van der Waals surface area contributed by atoms with Gasteiger partial charge in [0.1, 0.15) is 5.75 Å². The molecule has 0 radical (unpaired) electrons. The number of hydrogen-bond donors (Lipinski definition) is 0. The standard InChI is InChI=1S/C39H59BO3/c1-13-41-34-31(30-16-14-15-17-33(30)40-42-37(8,9)38(10,11)43-40)21-29(36(6,7)25-35(3,4)5)22-32(34)39(12)23-27-18-26(2)19-28(20-27)24-39/h14-17,21-22,26-28H,13,18-20,23-25H2,1-12H3. The minimum Gasteiger partial charge on any atom is -0.493 e. The summed E-state index contributed by atoms with van der Waals surface area (Å²) in [6.45, 7) is 28.3. The second kappa shape index (κ2) is 11.2. The highest BCUT2D eigenvalue weighted by atomic mass is 16.7. The van der Waals surface area contributed by atoms with Gasteiger partial charge in [0, 0.05) is 11.1 Å². The number of fused-ring (bicyclic) bond motifs is 2. The molecule has 236 valence electrons. The normalized spacial score (nSPS) is 28.7. The maximum absolute atomic E-state index is 6.77. The third-order valence-corrected chi connectivity index (χ3v) is 11.2. The van der Waals surface area contributed by atoms with Crippen LogP contribution in [0.4, 0.5) is 0 Å². The fourth-order valence-electron chi connectivity index (χ4n) is 9.12. The van der Waals surface area contributed by atoms with E-state index in [-0.39, 0.29) is 16.2 Å². The molecule has 2 atom stereocenters. The van der Waals surface area contributed by atoms with Crippen LogP contribution in [-0.4, -0.2) is 24.9 Å². The van der Waals surface area contributed by atoms with Crippen molar-refractivity contribution in [1.82, 2.24) is 0 Å². The number of hydrogen-bond acceptors (Lipinski definition) is 3. The van der Waals surface area contributed by atoms with E-state index in [1.54, 1.807) is 0 Å². The summed E-state index contributed by atoms with van der Waals surface area (Å²) in [6, 6.07) is 13.7. The van der Waals surface area contributed by atoms with Crippen molar-refractivity contribution in [3.05, 3.63) is 47.5 Å². The first kappa shape index (κ1) is 32.6. The van der Waals surface area contributed by atoms with Gasteiger partial charge in [-0.3, -0.25) is 0 Å². The van der Waals surface area contributed by atoms with Crippen LogP contribution in [0.1, 0.15) is 133 Å². The molecule has 1 aliphatic heterocycles. The molecule has 2 saturated carbocycles. The lowest BCUT2D eigenvalue weighted by atomic mass is 9.57. The van der Waals surface area contributed by atoms with Crippen LogP contribution in [0.5, 0.6) is 5.75 Å². The third kappa shape index (κ3) is 6.48. The molecule has 2 bridgehead atoms. The Bertz CT molecular complexity index is 1280. The lowest BCUT2D eigenvalue weighted by molar-refractivity contribution is 0.00578. The predicted molar refractivity (Wildman–Crippen MR) is 182 cm³/mol. The summed E-state index contributed by atoms with van der Waals surface area (Å²) < 4.78 is 20.0. The fourth-order valence-corrected chi connectivity index (χ4v) is 9.12. The van der Waals surface area contributed by atoms with Crippen molar-refractivity contribution in [2.45, 2.75) is 144 Å². The van der Waals surface area contributed by atoms with E-state index >= 15 is 0 Å². The van der Waals surface area contributed by atoms with Gasteiger partial charge in [-0.15, -0.1) is 0 Å². The molecule has 3 nitrogen and oxygen atoms in total. The second-order valence-corrected chi connectivity index (χ2v) is 17.6. The lowest BCUT2D eigenvalue weighted by Crippen LogP contribution is -2.41. The molecule has 2 aromatic rings. The van der Waals surface area contributed by atoms with Crippen LogP contribution >= 0.6 is 0 Å². The van der Waals surface area contributed by atoms with Crippen molar-refractivity contribution in [3.63, 3.8) is 0 Å². The molecule has 3 fully saturated rings. The van der Waals surface area contributed by atoms with Crippen LogP contribution in [0.15, 0.2) is 36.4 Å². The van der Waals surface area contributed by atoms with Gasteiger partial charge in [-0.2, -0.15) is 0 Å². The van der Waals surface area contributed by atoms with Gasteiger partial charge in [0.05, 0.1) is 17.8 Å². The summed E-state index contributed by atoms with van der Waals surface area (Å²) >= 11 is 0. The van der Waals surface area contributed by atoms with E-state index < -0.39 is 18.3 Å². The maximum Gasteiger partial charge on any atom is 0.495 e. The zero-order valence-corrected chi connectivity index (χ0v) is 29.4. The SMILES string of the molecule is CCOc1c(-c2ccccc2B2OC(C)(C)C(C)(C)O2)cc(C(C)(C)CC(C)(C)C)cc1C1(C)CC2CC(C)CC(C2)C1. The molecule has 3 aliphatic rings. The molecule has 2 unspecified atom stereocenters. The Hall–Kier alpha value is -1.78. The highest BCUT2D eigenvalue weighted by Gasteiger charge is 2.52. The Morgan fingerprint density at radius 2 is 1.42 bits per heavy atom. The summed E-state index contributed by atoms with van der Waals surface area (Å²) in [5, 5.41) is 0. The van der Waals surface area contributed by atoms with Gasteiger partial charge in [0.15, 0.2) is 0 Å². The molecular formula is C39H59BO3. The topological polar surface area (TPSA) is 27.7 Å². The van der Waals surface area contributed by atoms with E-state index in [0.29, 0.717) is 6.61 Å². The van der Waals surface area contributed by atoms with E-state index in [0.717, 1.165) is 41.0 Å². The van der Waals surface area contributed by atoms with Crippen molar-refractivity contribution >= 4 is 12.6 Å². The van der Waals surface area contributed by atoms with Gasteiger partial charge in [0.2, 0.25) is 0 Å². The molecule has 1 heterocycles. The van der Waals surface area contributed by atoms with Crippen LogP contribution in [0.3, 0.4) is 0 Å². The minimum absolute atomic E-state index is 0.00118. The molecular weight excluding hydrogens is 527 g/mol. The number of benzene rings is 2. The molecule has 2 aromatic carbocycles. The zero-order chi connectivity index (χ0) is 31.6. The lowest BCUT2D eigenvalue weighted by Gasteiger charge is -2.48. The Balaban J connectivity index is 1.73. The quantitative estimate of drug-likeness (QED) is 0.302. The zero-order valence-electron chi connectivity index (χ0n) is 29.4. The largest absolute Gasteiger partial charge is 0.495 e. The Kier molecular flexibility index (Phi) is 8.52. The van der Waals surface area contributed by atoms with Gasteiger partial charge in [-0.1, -0.05) is 78.8 Å². The van der Waals surface area contributed by atoms with E-state index in [1.807, 2.05) is 0 Å². The van der Waals surface area contributed by atoms with Crippen LogP contribution < -0.4 is 10.2 Å². The maximum atomic E-state index is 6.77. The van der Waals surface area contributed by atoms with Gasteiger partial charge >= 0.3 is 7.12 Å². The van der Waals surface area contributed by atoms with Crippen molar-refractivity contribution in [1.29, 1.82) is 0 Å². The highest BCUT2D eigenvalue weighted by Crippen LogP contribution is 2.55. The molecule has 0 aromatic heterocycles. The molecule has 0 amide bonds. The summed E-state index contributed by atoms with van der Waals surface area (Å²) in [5.74, 6) is 3.51. The average Bonchev–Trinajstić information content (AvgIpc) is 3.08. The first-order valence-corrected chi connectivity index (χ1v) is 17.1. The van der Waals surface area contributed by atoms with E-state index in [9.17, 15) is 0 Å². The predicted octanol–water partition coefficient (Wildman–Crippen LogP) is 9.87. The number of rotatable bonds is 7. The summed E-state index contributed by atoms with van der Waals surface area (Å²) in [4.78, 5) is 0. The Labute approximate surface area is 264 Å². The monoisotopic (exact) mass is 586 g/mol. The van der Waals surface area contributed by atoms with Gasteiger partial charge in [0.25, 0.3) is 0 Å². The molecule has 0 spiro atoms. The van der Waals surface area contributed by atoms with E-state index in [4.69, 9.17) is 14.0 Å². The Morgan fingerprint density at radius 1 is 0.837 bits per heavy atom. The van der Waals surface area contributed by atoms with Crippen molar-refractivity contribution < 1.29 is 14.0 Å². The fraction of sp³-hybridized carbons (Fsp3) is 0.692. The van der Waals surface area contributed by atoms with Crippen LogP contribution in [0, 0.1) is 23.2 Å². The average molecular weight is 587 g/mol. The molecule has 2 aliphatic carbocycles. The first-order valence-electron chi connectivity index (χ1n) is 17.1. The summed E-state index contributed by atoms with van der Waals surface area (Å²) in [7, 11) is -0.434. The smallest absolute Gasteiger partial charge is 0.493 e. The van der Waals surface area contributed by atoms with Crippen LogP contribution in [-0.2, 0) is 20.1 Å². The third-order valence-electron chi connectivity index (χ3n) is 11.2. The van der Waals surface area contributed by atoms with Crippen LogP contribution in [0.2, 0.25) is 0 Å². The minimum atomic E-state index is -0.434. The first-order chi connectivity index (χ1) is 19.8. The molecule has 1 saturated heterocycles. The van der Waals surface area contributed by atoms with Crippen molar-refractivity contribution in [3.8, 4) is 16.9 Å². The second-order valence-electron chi connectivity index (χ2n) is 17.6. The summed E-state index contributed by atoms with van der Waals surface area (Å²) in [5.41, 5.74) is 5.74. The highest BCUT2D eigenvalue weighted by molar-refractivity contribution is 6.64. The molecule has 4 heteroatoms. The molecule has 0 N–H and O–H groups in total. The van der Waals surface area contributed by atoms with Crippen LogP contribution in [0.25, 0.3) is 11.1 Å². The van der Waals surface area contributed by atoms with Crippen molar-refractivity contribution in [2.75, 3.05) is 6.61 Å².